The number of benzene rings is 1. The number of ether oxygens (including phenoxy) is 2. The Morgan fingerprint density at radius 2 is 1.87 bits per heavy atom. The highest BCUT2D eigenvalue weighted by molar-refractivity contribution is 5.60. The summed E-state index contributed by atoms with van der Waals surface area (Å²) in [5.41, 5.74) is 1.13. The lowest BCUT2D eigenvalue weighted by molar-refractivity contribution is -0.386. The second kappa shape index (κ2) is 4.16. The van der Waals surface area contributed by atoms with Gasteiger partial charge in [-0.2, -0.15) is 0 Å². The average molecular weight is 211 g/mol. The summed E-state index contributed by atoms with van der Waals surface area (Å²) in [6.45, 7) is 3.32. The van der Waals surface area contributed by atoms with E-state index in [4.69, 9.17) is 9.47 Å². The van der Waals surface area contributed by atoms with E-state index in [1.54, 1.807) is 19.9 Å². The summed E-state index contributed by atoms with van der Waals surface area (Å²) in [4.78, 5) is 10.4. The first-order chi connectivity index (χ1) is 7.02. The van der Waals surface area contributed by atoms with Gasteiger partial charge in [-0.3, -0.25) is 10.1 Å². The highest BCUT2D eigenvalue weighted by Crippen LogP contribution is 2.38. The van der Waals surface area contributed by atoms with Crippen LogP contribution in [-0.2, 0) is 0 Å². The SMILES string of the molecule is COc1cc(C)c([N+](=O)[O-])c(C)c1OC. The van der Waals surface area contributed by atoms with E-state index in [1.165, 1.54) is 14.2 Å². The molecule has 1 aromatic carbocycles. The third-order valence-corrected chi connectivity index (χ3v) is 2.25. The van der Waals surface area contributed by atoms with Gasteiger partial charge >= 0.3 is 0 Å². The Labute approximate surface area is 87.8 Å². The summed E-state index contributed by atoms with van der Waals surface area (Å²) in [5.74, 6) is 0.924. The first kappa shape index (κ1) is 11.3. The molecule has 5 heteroatoms. The van der Waals surface area contributed by atoms with Crippen LogP contribution in [0.1, 0.15) is 11.1 Å². The predicted molar refractivity (Wildman–Crippen MR) is 55.7 cm³/mol. The monoisotopic (exact) mass is 211 g/mol. The summed E-state index contributed by atoms with van der Waals surface area (Å²) < 4.78 is 10.2. The highest BCUT2D eigenvalue weighted by Gasteiger charge is 2.22. The van der Waals surface area contributed by atoms with Gasteiger partial charge in [0.25, 0.3) is 5.69 Å². The molecule has 5 nitrogen and oxygen atoms in total. The molecule has 0 heterocycles. The smallest absolute Gasteiger partial charge is 0.279 e. The van der Waals surface area contributed by atoms with E-state index < -0.39 is 4.92 Å². The fraction of sp³-hybridized carbons (Fsp3) is 0.400. The first-order valence-electron chi connectivity index (χ1n) is 4.39. The molecule has 1 aromatic rings. The highest BCUT2D eigenvalue weighted by atomic mass is 16.6. The maximum absolute atomic E-state index is 10.8. The maximum atomic E-state index is 10.8. The minimum atomic E-state index is -0.410. The number of nitro groups is 1. The Morgan fingerprint density at radius 3 is 2.27 bits per heavy atom. The topological polar surface area (TPSA) is 61.6 Å². The summed E-state index contributed by atoms with van der Waals surface area (Å²) >= 11 is 0. The van der Waals surface area contributed by atoms with Crippen molar-refractivity contribution >= 4 is 5.69 Å². The molecular weight excluding hydrogens is 198 g/mol. The molecule has 82 valence electrons. The lowest BCUT2D eigenvalue weighted by atomic mass is 10.1. The van der Waals surface area contributed by atoms with Gasteiger partial charge in [-0.15, -0.1) is 0 Å². The van der Waals surface area contributed by atoms with Crippen molar-refractivity contribution < 1.29 is 14.4 Å². The molecule has 0 N–H and O–H groups in total. The quantitative estimate of drug-likeness (QED) is 0.568. The van der Waals surface area contributed by atoms with Crippen LogP contribution in [0, 0.1) is 24.0 Å². The van der Waals surface area contributed by atoms with Crippen LogP contribution in [0.4, 0.5) is 5.69 Å². The maximum Gasteiger partial charge on any atom is 0.279 e. The van der Waals surface area contributed by atoms with Gasteiger partial charge < -0.3 is 9.47 Å². The van der Waals surface area contributed by atoms with Crippen molar-refractivity contribution in [3.05, 3.63) is 27.3 Å². The van der Waals surface area contributed by atoms with E-state index in [1.807, 2.05) is 0 Å². The van der Waals surface area contributed by atoms with Gasteiger partial charge in [0.05, 0.1) is 24.7 Å². The molecule has 0 fully saturated rings. The fourth-order valence-corrected chi connectivity index (χ4v) is 1.60. The van der Waals surface area contributed by atoms with Crippen LogP contribution in [-0.4, -0.2) is 19.1 Å². The van der Waals surface area contributed by atoms with Crippen LogP contribution >= 0.6 is 0 Å². The zero-order valence-corrected chi connectivity index (χ0v) is 9.16. The van der Waals surface area contributed by atoms with E-state index >= 15 is 0 Å². The molecule has 0 aromatic heterocycles. The number of rotatable bonds is 3. The van der Waals surface area contributed by atoms with Gasteiger partial charge in [0.1, 0.15) is 0 Å². The molecule has 0 spiro atoms. The van der Waals surface area contributed by atoms with Crippen molar-refractivity contribution in [1.82, 2.24) is 0 Å². The van der Waals surface area contributed by atoms with Gasteiger partial charge in [0.2, 0.25) is 0 Å². The van der Waals surface area contributed by atoms with Gasteiger partial charge in [0.15, 0.2) is 11.5 Å². The molecule has 0 atom stereocenters. The molecular formula is C10H13NO4. The second-order valence-corrected chi connectivity index (χ2v) is 3.16. The van der Waals surface area contributed by atoms with Crippen molar-refractivity contribution in [2.24, 2.45) is 0 Å². The lowest BCUT2D eigenvalue weighted by Crippen LogP contribution is -2.00. The first-order valence-corrected chi connectivity index (χ1v) is 4.39. The largest absolute Gasteiger partial charge is 0.493 e. The van der Waals surface area contributed by atoms with Gasteiger partial charge in [0, 0.05) is 5.56 Å². The molecule has 0 amide bonds. The van der Waals surface area contributed by atoms with Gasteiger partial charge in [-0.05, 0) is 19.9 Å². The average Bonchev–Trinajstić information content (AvgIpc) is 2.16. The zero-order chi connectivity index (χ0) is 11.6. The minimum absolute atomic E-state index is 0.0765. The van der Waals surface area contributed by atoms with Gasteiger partial charge in [-0.1, -0.05) is 0 Å². The standard InChI is InChI=1S/C10H13NO4/c1-6-5-8(14-3)10(15-4)7(2)9(6)11(12)13/h5H,1-4H3. The molecule has 15 heavy (non-hydrogen) atoms. The van der Waals surface area contributed by atoms with Crippen molar-refractivity contribution in [3.63, 3.8) is 0 Å². The van der Waals surface area contributed by atoms with E-state index in [0.29, 0.717) is 22.6 Å². The molecule has 0 bridgehead atoms. The molecule has 0 saturated carbocycles. The summed E-state index contributed by atoms with van der Waals surface area (Å²) in [5, 5.41) is 10.8. The molecule has 0 aliphatic carbocycles. The Bertz CT molecular complexity index is 401. The molecule has 0 aliphatic heterocycles. The van der Waals surface area contributed by atoms with Crippen molar-refractivity contribution in [1.29, 1.82) is 0 Å². The van der Waals surface area contributed by atoms with Crippen LogP contribution in [0.5, 0.6) is 11.5 Å². The van der Waals surface area contributed by atoms with Crippen molar-refractivity contribution in [2.75, 3.05) is 14.2 Å². The van der Waals surface area contributed by atoms with E-state index in [9.17, 15) is 10.1 Å². The van der Waals surface area contributed by atoms with Crippen molar-refractivity contribution in [2.45, 2.75) is 13.8 Å². The molecule has 0 saturated heterocycles. The second-order valence-electron chi connectivity index (χ2n) is 3.16. The zero-order valence-electron chi connectivity index (χ0n) is 9.16. The number of nitro benzene ring substituents is 1. The molecule has 1 rings (SSSR count). The van der Waals surface area contributed by atoms with E-state index in [2.05, 4.69) is 0 Å². The summed E-state index contributed by atoms with van der Waals surface area (Å²) in [6.07, 6.45) is 0. The summed E-state index contributed by atoms with van der Waals surface area (Å²) in [6, 6.07) is 1.60. The van der Waals surface area contributed by atoms with Crippen LogP contribution in [0.15, 0.2) is 6.07 Å². The lowest BCUT2D eigenvalue weighted by Gasteiger charge is -2.11. The van der Waals surface area contributed by atoms with Crippen LogP contribution < -0.4 is 9.47 Å². The van der Waals surface area contributed by atoms with E-state index in [0.717, 1.165) is 0 Å². The Kier molecular flexibility index (Phi) is 3.14. The molecule has 0 aliphatic rings. The third-order valence-electron chi connectivity index (χ3n) is 2.25. The Morgan fingerprint density at radius 1 is 1.27 bits per heavy atom. The number of hydrogen-bond donors (Lipinski definition) is 0. The number of methoxy groups -OCH3 is 2. The number of nitrogens with zero attached hydrogens (tertiary/aromatic N) is 1. The van der Waals surface area contributed by atoms with Gasteiger partial charge in [-0.25, -0.2) is 0 Å². The van der Waals surface area contributed by atoms with E-state index in [-0.39, 0.29) is 5.69 Å². The fourth-order valence-electron chi connectivity index (χ4n) is 1.60. The Hall–Kier alpha value is -1.78. The Balaban J connectivity index is 3.51. The third kappa shape index (κ3) is 1.86. The van der Waals surface area contributed by atoms with Crippen LogP contribution in [0.3, 0.4) is 0 Å². The molecule has 0 unspecified atom stereocenters. The van der Waals surface area contributed by atoms with Crippen LogP contribution in [0.25, 0.3) is 0 Å². The predicted octanol–water partition coefficient (Wildman–Crippen LogP) is 2.23. The summed E-state index contributed by atoms with van der Waals surface area (Å²) in [7, 11) is 2.96. The normalized spacial score (nSPS) is 9.87. The number of aryl methyl sites for hydroxylation is 1. The minimum Gasteiger partial charge on any atom is -0.493 e. The molecule has 0 radical (unpaired) electrons. The number of hydrogen-bond acceptors (Lipinski definition) is 4. The van der Waals surface area contributed by atoms with Crippen LogP contribution in [0.2, 0.25) is 0 Å². The van der Waals surface area contributed by atoms with Crippen molar-refractivity contribution in [3.8, 4) is 11.5 Å².